The van der Waals surface area contributed by atoms with E-state index in [4.69, 9.17) is 0 Å². The maximum atomic E-state index is 12.3. The van der Waals surface area contributed by atoms with Crippen LogP contribution in [0.2, 0.25) is 0 Å². The molecule has 0 aliphatic heterocycles. The number of hydrogen-bond donors (Lipinski definition) is 2. The predicted molar refractivity (Wildman–Crippen MR) is 102 cm³/mol. The van der Waals surface area contributed by atoms with Crippen molar-refractivity contribution in [3.63, 3.8) is 0 Å². The molecule has 0 saturated heterocycles. The van der Waals surface area contributed by atoms with Crippen molar-refractivity contribution >= 4 is 46.9 Å². The molecule has 2 N–H and O–H groups in total. The van der Waals surface area contributed by atoms with E-state index in [1.165, 1.54) is 35.1 Å². The van der Waals surface area contributed by atoms with Gasteiger partial charge in [-0.25, -0.2) is 0 Å². The fourth-order valence-corrected chi connectivity index (χ4v) is 4.26. The van der Waals surface area contributed by atoms with Gasteiger partial charge in [-0.05, 0) is 43.1 Å². The molecule has 1 aromatic heterocycles. The fourth-order valence-electron chi connectivity index (χ4n) is 1.98. The first-order chi connectivity index (χ1) is 11.6. The zero-order chi connectivity index (χ0) is 17.5. The molecule has 24 heavy (non-hydrogen) atoms. The lowest BCUT2D eigenvalue weighted by Gasteiger charge is -2.08. The van der Waals surface area contributed by atoms with Gasteiger partial charge in [0.2, 0.25) is 0 Å². The van der Waals surface area contributed by atoms with Gasteiger partial charge in [-0.15, -0.1) is 23.5 Å². The van der Waals surface area contributed by atoms with Crippen LogP contribution in [0, 0.1) is 6.92 Å². The van der Waals surface area contributed by atoms with Gasteiger partial charge in [0.05, 0.1) is 9.77 Å². The first-order valence-corrected chi connectivity index (χ1v) is 10.5. The van der Waals surface area contributed by atoms with Crippen LogP contribution >= 0.6 is 35.1 Å². The Labute approximate surface area is 154 Å². The molecule has 2 aromatic rings. The van der Waals surface area contributed by atoms with Gasteiger partial charge in [0.15, 0.2) is 0 Å². The molecule has 0 unspecified atom stereocenters. The summed E-state index contributed by atoms with van der Waals surface area (Å²) in [6, 6.07) is 7.37. The van der Waals surface area contributed by atoms with E-state index >= 15 is 0 Å². The van der Waals surface area contributed by atoms with Gasteiger partial charge in [-0.2, -0.15) is 4.37 Å². The number of rotatable bonds is 7. The topological polar surface area (TPSA) is 71.1 Å². The number of aryl methyl sites for hydroxylation is 1. The Kier molecular flexibility index (Phi) is 7.14. The lowest BCUT2D eigenvalue weighted by Crippen LogP contribution is -2.34. The van der Waals surface area contributed by atoms with Crippen molar-refractivity contribution in [3.8, 4) is 0 Å². The van der Waals surface area contributed by atoms with Crippen LogP contribution in [0.4, 0.5) is 0 Å². The molecule has 0 spiro atoms. The molecule has 1 aromatic carbocycles. The number of aromatic nitrogens is 1. The number of nitrogens with zero attached hydrogens (tertiary/aromatic N) is 1. The zero-order valence-electron chi connectivity index (χ0n) is 13.7. The SMILES string of the molecule is CSc1nsc(SC)c1C(=O)NCCNC(=O)c1ccc(C)cc1. The third-order valence-electron chi connectivity index (χ3n) is 3.25. The van der Waals surface area contributed by atoms with Gasteiger partial charge in [-0.1, -0.05) is 17.7 Å². The van der Waals surface area contributed by atoms with Crippen LogP contribution in [0.3, 0.4) is 0 Å². The van der Waals surface area contributed by atoms with Gasteiger partial charge in [0.1, 0.15) is 5.03 Å². The summed E-state index contributed by atoms with van der Waals surface area (Å²) in [4.78, 5) is 24.3. The Balaban J connectivity index is 1.84. The number of thioether (sulfide) groups is 2. The van der Waals surface area contributed by atoms with Crippen LogP contribution in [0.1, 0.15) is 26.3 Å². The van der Waals surface area contributed by atoms with Crippen molar-refractivity contribution in [1.29, 1.82) is 0 Å². The lowest BCUT2D eigenvalue weighted by molar-refractivity contribution is 0.0925. The van der Waals surface area contributed by atoms with Gasteiger partial charge < -0.3 is 10.6 Å². The maximum Gasteiger partial charge on any atom is 0.256 e. The zero-order valence-corrected chi connectivity index (χ0v) is 16.2. The van der Waals surface area contributed by atoms with E-state index in [1.807, 2.05) is 31.6 Å². The Hall–Kier alpha value is -1.51. The Morgan fingerprint density at radius 1 is 1.04 bits per heavy atom. The summed E-state index contributed by atoms with van der Waals surface area (Å²) < 4.78 is 5.19. The first kappa shape index (κ1) is 18.8. The molecule has 0 radical (unpaired) electrons. The van der Waals surface area contributed by atoms with Crippen molar-refractivity contribution in [3.05, 3.63) is 41.0 Å². The average Bonchev–Trinajstić information content (AvgIpc) is 3.02. The standard InChI is InChI=1S/C16H19N3O2S3/c1-10-4-6-11(7-5-10)13(20)17-8-9-18-14(21)12-15(22-2)19-24-16(12)23-3/h4-7H,8-9H2,1-3H3,(H,17,20)(H,18,21). The molecule has 0 atom stereocenters. The van der Waals surface area contributed by atoms with Crippen LogP contribution in [0.25, 0.3) is 0 Å². The van der Waals surface area contributed by atoms with Crippen LogP contribution in [0.5, 0.6) is 0 Å². The van der Waals surface area contributed by atoms with Crippen LogP contribution in [-0.2, 0) is 0 Å². The van der Waals surface area contributed by atoms with Crippen LogP contribution in [-0.4, -0.2) is 41.8 Å². The molecule has 0 bridgehead atoms. The molecule has 2 amide bonds. The largest absolute Gasteiger partial charge is 0.350 e. The van der Waals surface area contributed by atoms with Crippen LogP contribution < -0.4 is 10.6 Å². The van der Waals surface area contributed by atoms with E-state index < -0.39 is 0 Å². The van der Waals surface area contributed by atoms with E-state index in [2.05, 4.69) is 15.0 Å². The van der Waals surface area contributed by atoms with E-state index in [0.717, 1.165) is 14.8 Å². The smallest absolute Gasteiger partial charge is 0.256 e. The van der Waals surface area contributed by atoms with Crippen molar-refractivity contribution < 1.29 is 9.59 Å². The minimum absolute atomic E-state index is 0.143. The number of nitrogens with one attached hydrogen (secondary N) is 2. The first-order valence-electron chi connectivity index (χ1n) is 7.27. The maximum absolute atomic E-state index is 12.3. The second-order valence-electron chi connectivity index (χ2n) is 4.94. The van der Waals surface area contributed by atoms with Crippen molar-refractivity contribution in [1.82, 2.24) is 15.0 Å². The Morgan fingerprint density at radius 3 is 2.25 bits per heavy atom. The normalized spacial score (nSPS) is 10.5. The third-order valence-corrected chi connectivity index (χ3v) is 5.99. The van der Waals surface area contributed by atoms with Gasteiger partial charge >= 0.3 is 0 Å². The van der Waals surface area contributed by atoms with Gasteiger partial charge in [-0.3, -0.25) is 9.59 Å². The highest BCUT2D eigenvalue weighted by Crippen LogP contribution is 2.32. The summed E-state index contributed by atoms with van der Waals surface area (Å²) in [5.74, 6) is -0.293. The minimum atomic E-state index is -0.151. The highest BCUT2D eigenvalue weighted by atomic mass is 32.2. The van der Waals surface area contributed by atoms with E-state index in [0.29, 0.717) is 24.2 Å². The van der Waals surface area contributed by atoms with Crippen molar-refractivity contribution in [2.24, 2.45) is 0 Å². The molecule has 8 heteroatoms. The number of benzene rings is 1. The summed E-state index contributed by atoms with van der Waals surface area (Å²) in [7, 11) is 0. The Bertz CT molecular complexity index is 692. The average molecular weight is 382 g/mol. The summed E-state index contributed by atoms with van der Waals surface area (Å²) in [6.07, 6.45) is 3.83. The molecule has 0 saturated carbocycles. The van der Waals surface area contributed by atoms with E-state index in [9.17, 15) is 9.59 Å². The van der Waals surface area contributed by atoms with Crippen LogP contribution in [0.15, 0.2) is 33.5 Å². The molecular formula is C16H19N3O2S3. The van der Waals surface area contributed by atoms with Gasteiger partial charge in [0.25, 0.3) is 11.8 Å². The van der Waals surface area contributed by atoms with Crippen molar-refractivity contribution in [2.75, 3.05) is 25.6 Å². The summed E-state index contributed by atoms with van der Waals surface area (Å²) in [5, 5.41) is 6.38. The number of hydrogen-bond acceptors (Lipinski definition) is 6. The second kappa shape index (κ2) is 9.10. The lowest BCUT2D eigenvalue weighted by atomic mass is 10.1. The highest BCUT2D eigenvalue weighted by molar-refractivity contribution is 8.01. The molecule has 0 aliphatic carbocycles. The highest BCUT2D eigenvalue weighted by Gasteiger charge is 2.19. The molecule has 1 heterocycles. The third kappa shape index (κ3) is 4.75. The van der Waals surface area contributed by atoms with E-state index in [1.54, 1.807) is 12.1 Å². The molecule has 128 valence electrons. The van der Waals surface area contributed by atoms with Gasteiger partial charge in [0, 0.05) is 18.7 Å². The Morgan fingerprint density at radius 2 is 1.67 bits per heavy atom. The molecule has 5 nitrogen and oxygen atoms in total. The van der Waals surface area contributed by atoms with E-state index in [-0.39, 0.29) is 11.8 Å². The summed E-state index contributed by atoms with van der Waals surface area (Å²) in [5.41, 5.74) is 2.35. The summed E-state index contributed by atoms with van der Waals surface area (Å²) >= 11 is 4.31. The molecular weight excluding hydrogens is 362 g/mol. The fraction of sp³-hybridized carbons (Fsp3) is 0.312. The number of carbonyl (C=O) groups excluding carboxylic acids is 2. The molecule has 2 rings (SSSR count). The quantitative estimate of drug-likeness (QED) is 0.570. The molecule has 0 fully saturated rings. The molecule has 0 aliphatic rings. The minimum Gasteiger partial charge on any atom is -0.350 e. The van der Waals surface area contributed by atoms with Crippen molar-refractivity contribution in [2.45, 2.75) is 16.2 Å². The second-order valence-corrected chi connectivity index (χ2v) is 7.58. The predicted octanol–water partition coefficient (Wildman–Crippen LogP) is 3.06. The number of amides is 2. The number of carbonyl (C=O) groups is 2. The summed E-state index contributed by atoms with van der Waals surface area (Å²) in [6.45, 7) is 2.72. The monoisotopic (exact) mass is 381 g/mol.